The number of amides is 3. The second kappa shape index (κ2) is 9.61. The number of morpholine rings is 1. The number of primary amides is 1. The molecule has 1 aromatic rings. The predicted molar refractivity (Wildman–Crippen MR) is 103 cm³/mol. The quantitative estimate of drug-likeness (QED) is 0.639. The normalized spacial score (nSPS) is 15.8. The maximum absolute atomic E-state index is 14.5. The average Bonchev–Trinajstić information content (AvgIpc) is 2.61. The fourth-order valence-corrected chi connectivity index (χ4v) is 3.15. The molecule has 3 N–H and O–H groups in total. The highest BCUT2D eigenvalue weighted by Gasteiger charge is 2.31. The van der Waals surface area contributed by atoms with Gasteiger partial charge in [-0.2, -0.15) is 0 Å². The Labute approximate surface area is 163 Å². The molecule has 1 heterocycles. The molecule has 28 heavy (non-hydrogen) atoms. The first-order chi connectivity index (χ1) is 13.2. The van der Waals surface area contributed by atoms with Gasteiger partial charge >= 0.3 is 0 Å². The zero-order chi connectivity index (χ0) is 20.8. The zero-order valence-electron chi connectivity index (χ0n) is 16.4. The number of nitrogens with one attached hydrogen (secondary N) is 1. The molecule has 0 aliphatic carbocycles. The van der Waals surface area contributed by atoms with Crippen molar-refractivity contribution in [1.29, 1.82) is 0 Å². The van der Waals surface area contributed by atoms with Crippen LogP contribution in [0.25, 0.3) is 0 Å². The van der Waals surface area contributed by atoms with E-state index in [1.54, 1.807) is 4.90 Å². The van der Waals surface area contributed by atoms with Crippen LogP contribution >= 0.6 is 0 Å². The van der Waals surface area contributed by atoms with Gasteiger partial charge in [0, 0.05) is 18.8 Å². The van der Waals surface area contributed by atoms with Crippen molar-refractivity contribution in [3.63, 3.8) is 0 Å². The van der Waals surface area contributed by atoms with Crippen LogP contribution in [0, 0.1) is 11.7 Å². The maximum atomic E-state index is 14.5. The molecular weight excluding hydrogens is 367 g/mol. The second-order valence-electron chi connectivity index (χ2n) is 7.04. The molecule has 2 rings (SSSR count). The Kier molecular flexibility index (Phi) is 7.47. The molecule has 0 aromatic heterocycles. The lowest BCUT2D eigenvalue weighted by Crippen LogP contribution is -2.53. The lowest BCUT2D eigenvalue weighted by molar-refractivity contribution is -0.132. The molecule has 0 unspecified atom stereocenters. The third-order valence-corrected chi connectivity index (χ3v) is 4.38. The molecule has 0 radical (unpaired) electrons. The van der Waals surface area contributed by atoms with Crippen LogP contribution in [0.4, 0.5) is 15.8 Å². The third kappa shape index (κ3) is 5.26. The van der Waals surface area contributed by atoms with Crippen molar-refractivity contribution < 1.29 is 23.5 Å². The first-order valence-corrected chi connectivity index (χ1v) is 9.26. The molecule has 0 bridgehead atoms. The first kappa shape index (κ1) is 21.8. The lowest BCUT2D eigenvalue weighted by atomic mass is 10.1. The number of ether oxygens (including phenoxy) is 1. The smallest absolute Gasteiger partial charge is 0.253 e. The van der Waals surface area contributed by atoms with E-state index in [0.717, 1.165) is 6.07 Å². The highest BCUT2D eigenvalue weighted by molar-refractivity contribution is 6.09. The summed E-state index contributed by atoms with van der Waals surface area (Å²) in [5, 5.41) is 2.54. The number of hydrogen-bond donors (Lipinski definition) is 2. The number of halogens is 1. The number of carbonyl (C=O) groups excluding carboxylic acids is 3. The summed E-state index contributed by atoms with van der Waals surface area (Å²) in [5.74, 6) is -2.14. The first-order valence-electron chi connectivity index (χ1n) is 9.26. The topological polar surface area (TPSA) is 105 Å². The maximum Gasteiger partial charge on any atom is 0.253 e. The van der Waals surface area contributed by atoms with Crippen molar-refractivity contribution >= 4 is 29.1 Å². The second-order valence-corrected chi connectivity index (χ2v) is 7.04. The van der Waals surface area contributed by atoms with Crippen molar-refractivity contribution in [3.8, 4) is 0 Å². The summed E-state index contributed by atoms with van der Waals surface area (Å²) in [6.07, 6.45) is 0. The van der Waals surface area contributed by atoms with Gasteiger partial charge in [-0.3, -0.25) is 19.3 Å². The fourth-order valence-electron chi connectivity index (χ4n) is 3.15. The molecule has 154 valence electrons. The molecule has 1 aromatic carbocycles. The number of benzene rings is 1. The van der Waals surface area contributed by atoms with Crippen LogP contribution in [0.3, 0.4) is 0 Å². The van der Waals surface area contributed by atoms with E-state index in [2.05, 4.69) is 5.32 Å². The minimum Gasteiger partial charge on any atom is -0.370 e. The van der Waals surface area contributed by atoms with Gasteiger partial charge in [-0.05, 0) is 30.7 Å². The monoisotopic (exact) mass is 394 g/mol. The Balaban J connectivity index is 2.16. The van der Waals surface area contributed by atoms with Gasteiger partial charge < -0.3 is 20.7 Å². The summed E-state index contributed by atoms with van der Waals surface area (Å²) in [4.78, 5) is 39.4. The number of anilines is 2. The van der Waals surface area contributed by atoms with Gasteiger partial charge in [-0.15, -0.1) is 0 Å². The highest BCUT2D eigenvalue weighted by atomic mass is 19.1. The number of carbonyl (C=O) groups is 3. The summed E-state index contributed by atoms with van der Waals surface area (Å²) in [5.41, 5.74) is 5.74. The van der Waals surface area contributed by atoms with E-state index in [1.165, 1.54) is 17.0 Å². The standard InChI is InChI=1S/C19H27FN4O4/c1-4-23(10-12(2)3)17(18(21)26)19(27)22-13-5-6-15(14(20)9-13)24-7-8-28-11-16(24)25/h5-6,9,12,17H,4,7-8,10-11H2,1-3H3,(H2,21,26)(H,22,27)/t17-/m0/s1. The number of rotatable bonds is 8. The van der Waals surface area contributed by atoms with Crippen molar-refractivity contribution in [1.82, 2.24) is 4.90 Å². The lowest BCUT2D eigenvalue weighted by Gasteiger charge is -2.29. The number of nitrogens with two attached hydrogens (primary N) is 1. The van der Waals surface area contributed by atoms with Crippen LogP contribution in [-0.4, -0.2) is 61.5 Å². The van der Waals surface area contributed by atoms with Crippen LogP contribution in [0.1, 0.15) is 20.8 Å². The van der Waals surface area contributed by atoms with Crippen LogP contribution in [0.2, 0.25) is 0 Å². The third-order valence-electron chi connectivity index (χ3n) is 4.38. The minimum atomic E-state index is -1.16. The van der Waals surface area contributed by atoms with Crippen molar-refractivity contribution in [3.05, 3.63) is 24.0 Å². The molecular formula is C19H27FN4O4. The molecule has 0 saturated carbocycles. The van der Waals surface area contributed by atoms with Crippen LogP contribution < -0.4 is 16.0 Å². The summed E-state index contributed by atoms with van der Waals surface area (Å²) in [7, 11) is 0. The number of likely N-dealkylation sites (N-methyl/N-ethyl adjacent to an activating group) is 1. The van der Waals surface area contributed by atoms with Gasteiger partial charge in [0.2, 0.25) is 5.91 Å². The molecule has 9 heteroatoms. The SMILES string of the molecule is CCN(CC(C)C)[C@@H](C(N)=O)C(=O)Nc1ccc(N2CCOCC2=O)c(F)c1. The van der Waals surface area contributed by atoms with E-state index in [4.69, 9.17) is 10.5 Å². The van der Waals surface area contributed by atoms with Crippen LogP contribution in [0.15, 0.2) is 18.2 Å². The zero-order valence-corrected chi connectivity index (χ0v) is 16.4. The Morgan fingerprint density at radius 1 is 1.39 bits per heavy atom. The van der Waals surface area contributed by atoms with Crippen LogP contribution in [0.5, 0.6) is 0 Å². The van der Waals surface area contributed by atoms with Gasteiger partial charge in [-0.25, -0.2) is 4.39 Å². The Bertz CT molecular complexity index is 741. The summed E-state index contributed by atoms with van der Waals surface area (Å²) in [6, 6.07) is 2.86. The molecule has 1 aliphatic heterocycles. The number of hydrogen-bond acceptors (Lipinski definition) is 5. The molecule has 0 spiro atoms. The Morgan fingerprint density at radius 3 is 2.64 bits per heavy atom. The minimum absolute atomic E-state index is 0.0963. The molecule has 3 amide bonds. The van der Waals surface area contributed by atoms with Gasteiger partial charge in [0.15, 0.2) is 6.04 Å². The predicted octanol–water partition coefficient (Wildman–Crippen LogP) is 0.959. The highest BCUT2D eigenvalue weighted by Crippen LogP contribution is 2.24. The summed E-state index contributed by atoms with van der Waals surface area (Å²) >= 11 is 0. The van der Waals surface area contributed by atoms with E-state index < -0.39 is 23.7 Å². The average molecular weight is 394 g/mol. The summed E-state index contributed by atoms with van der Waals surface area (Å²) < 4.78 is 19.6. The van der Waals surface area contributed by atoms with Gasteiger partial charge in [-0.1, -0.05) is 20.8 Å². The van der Waals surface area contributed by atoms with E-state index in [1.807, 2.05) is 20.8 Å². The molecule has 1 aliphatic rings. The molecule has 1 fully saturated rings. The van der Waals surface area contributed by atoms with E-state index in [9.17, 15) is 18.8 Å². The molecule has 1 atom stereocenters. The fraction of sp³-hybridized carbons (Fsp3) is 0.526. The van der Waals surface area contributed by atoms with Gasteiger partial charge in [0.1, 0.15) is 12.4 Å². The van der Waals surface area contributed by atoms with Crippen molar-refractivity contribution in [2.45, 2.75) is 26.8 Å². The number of nitrogens with zero attached hydrogens (tertiary/aromatic N) is 2. The van der Waals surface area contributed by atoms with Crippen LogP contribution in [-0.2, 0) is 19.1 Å². The Hall–Kier alpha value is -2.52. The van der Waals surface area contributed by atoms with Gasteiger partial charge in [0.05, 0.1) is 12.3 Å². The molecule has 8 nitrogen and oxygen atoms in total. The van der Waals surface area contributed by atoms with Crippen molar-refractivity contribution in [2.75, 3.05) is 43.1 Å². The molecule has 1 saturated heterocycles. The summed E-state index contributed by atoms with van der Waals surface area (Å²) in [6.45, 7) is 7.24. The van der Waals surface area contributed by atoms with E-state index >= 15 is 0 Å². The Morgan fingerprint density at radius 2 is 2.11 bits per heavy atom. The van der Waals surface area contributed by atoms with E-state index in [0.29, 0.717) is 19.7 Å². The van der Waals surface area contributed by atoms with E-state index in [-0.39, 0.29) is 36.4 Å². The van der Waals surface area contributed by atoms with Gasteiger partial charge in [0.25, 0.3) is 11.8 Å². The van der Waals surface area contributed by atoms with Crippen molar-refractivity contribution in [2.24, 2.45) is 11.7 Å². The largest absolute Gasteiger partial charge is 0.370 e.